The van der Waals surface area contributed by atoms with E-state index in [1.165, 1.54) is 0 Å². The summed E-state index contributed by atoms with van der Waals surface area (Å²) in [7, 11) is 0. The molecule has 1 aromatic carbocycles. The van der Waals surface area contributed by atoms with Crippen molar-refractivity contribution < 1.29 is 34.1 Å². The van der Waals surface area contributed by atoms with Crippen molar-refractivity contribution in [1.29, 1.82) is 0 Å². The summed E-state index contributed by atoms with van der Waals surface area (Å²) in [6.45, 7) is -0.814. The number of fused-ring (bicyclic) bond motifs is 3. The van der Waals surface area contributed by atoms with Gasteiger partial charge in [0.1, 0.15) is 17.4 Å². The number of nitrogens with one attached hydrogen (secondary N) is 1. The molecule has 0 aromatic heterocycles. The molecule has 1 amide bonds. The molecule has 10 nitrogen and oxygen atoms in total. The second-order valence-corrected chi connectivity index (χ2v) is 10.2. The summed E-state index contributed by atoms with van der Waals surface area (Å²) in [5.41, 5.74) is 6.03. The monoisotopic (exact) mass is 474 g/mol. The Morgan fingerprint density at radius 1 is 1.21 bits per heavy atom. The van der Waals surface area contributed by atoms with Crippen LogP contribution >= 0.6 is 0 Å². The van der Waals surface area contributed by atoms with E-state index in [9.17, 15) is 24.7 Å². The molecule has 2 aliphatic carbocycles. The maximum Gasteiger partial charge on any atom is 0.434 e. The Kier molecular flexibility index (Phi) is 6.22. The van der Waals surface area contributed by atoms with Crippen LogP contribution in [0.15, 0.2) is 12.1 Å². The van der Waals surface area contributed by atoms with Crippen LogP contribution in [0.25, 0.3) is 0 Å². The van der Waals surface area contributed by atoms with Gasteiger partial charge in [-0.25, -0.2) is 4.79 Å². The number of carbonyl (C=O) groups excluding carboxylic acids is 1. The second-order valence-electron chi connectivity index (χ2n) is 10.2. The molecule has 1 aromatic rings. The molecule has 186 valence electrons. The second kappa shape index (κ2) is 9.03. The molecule has 0 spiro atoms. The van der Waals surface area contributed by atoms with E-state index in [2.05, 4.69) is 5.32 Å². The summed E-state index contributed by atoms with van der Waals surface area (Å²) in [5, 5.41) is 33.6. The zero-order valence-electron chi connectivity index (χ0n) is 19.2. The molecular weight excluding hydrogens is 441 g/mol. The third-order valence-corrected chi connectivity index (χ3v) is 7.83. The zero-order chi connectivity index (χ0) is 24.0. The van der Waals surface area contributed by atoms with Crippen molar-refractivity contribution in [2.75, 3.05) is 26.2 Å². The van der Waals surface area contributed by atoms with Crippen molar-refractivity contribution in [2.45, 2.75) is 62.4 Å². The number of nitrogens with two attached hydrogens (primary N) is 1. The quantitative estimate of drug-likeness (QED) is 0.342. The number of carboxylic acids is 1. The normalized spacial score (nSPS) is 29.3. The van der Waals surface area contributed by atoms with Crippen LogP contribution in [-0.2, 0) is 4.79 Å². The summed E-state index contributed by atoms with van der Waals surface area (Å²) in [6.07, 6.45) is 4.96. The van der Waals surface area contributed by atoms with E-state index < -0.39 is 12.7 Å². The third-order valence-electron chi connectivity index (χ3n) is 7.83. The van der Waals surface area contributed by atoms with Gasteiger partial charge in [-0.1, -0.05) is 18.3 Å². The van der Waals surface area contributed by atoms with Gasteiger partial charge in [0, 0.05) is 25.6 Å². The molecule has 0 bridgehead atoms. The number of rotatable bonds is 8. The van der Waals surface area contributed by atoms with Crippen LogP contribution in [0, 0.1) is 5.92 Å². The summed E-state index contributed by atoms with van der Waals surface area (Å²) < 4.78 is 11.3. The average molecular weight is 474 g/mol. The van der Waals surface area contributed by atoms with Crippen LogP contribution in [0.4, 0.5) is 0 Å². The molecule has 11 heteroatoms. The lowest BCUT2D eigenvalue weighted by molar-refractivity contribution is -0.141. The van der Waals surface area contributed by atoms with E-state index in [-0.39, 0.29) is 40.8 Å². The molecule has 6 N–H and O–H groups in total. The van der Waals surface area contributed by atoms with Crippen LogP contribution < -0.4 is 20.4 Å². The smallest absolute Gasteiger partial charge is 0.434 e. The van der Waals surface area contributed by atoms with Crippen LogP contribution in [-0.4, -0.2) is 77.0 Å². The highest BCUT2D eigenvalue weighted by Gasteiger charge is 2.55. The highest BCUT2D eigenvalue weighted by molar-refractivity contribution is 6.62. The van der Waals surface area contributed by atoms with Gasteiger partial charge in [-0.3, -0.25) is 4.79 Å². The number of amides is 1. The number of carbonyl (C=O) groups is 2. The van der Waals surface area contributed by atoms with Crippen molar-refractivity contribution in [1.82, 2.24) is 10.2 Å². The maximum absolute atomic E-state index is 12.7. The van der Waals surface area contributed by atoms with Crippen LogP contribution in [0.2, 0.25) is 5.82 Å². The number of nitrogens with zero attached hydrogens (tertiary/aromatic N) is 1. The Balaban J connectivity index is 1.15. The van der Waals surface area contributed by atoms with Gasteiger partial charge in [-0.15, -0.1) is 0 Å². The fourth-order valence-corrected chi connectivity index (χ4v) is 5.74. The van der Waals surface area contributed by atoms with E-state index in [1.54, 1.807) is 17.0 Å². The zero-order valence-corrected chi connectivity index (χ0v) is 19.2. The van der Waals surface area contributed by atoms with Crippen molar-refractivity contribution in [3.63, 3.8) is 0 Å². The number of benzene rings is 1. The molecule has 0 unspecified atom stereocenters. The number of hydrogen-bond donors (Lipinski definition) is 5. The molecule has 2 saturated carbocycles. The van der Waals surface area contributed by atoms with E-state index >= 15 is 0 Å². The first-order valence-electron chi connectivity index (χ1n) is 12.3. The van der Waals surface area contributed by atoms with Gasteiger partial charge < -0.3 is 40.5 Å². The SMILES string of the molecule is NCCNC1CCC(CC(=O)N2CC(Oc3ccc4c(c3C(=O)O)O[B-](O)(O)[C@H]3C[C@@H]43)C2)CC1. The number of ether oxygens (including phenoxy) is 1. The topological polar surface area (TPSA) is 155 Å². The van der Waals surface area contributed by atoms with Gasteiger partial charge in [0.25, 0.3) is 0 Å². The minimum absolute atomic E-state index is 0.0161. The minimum atomic E-state index is -3.08. The molecule has 5 rings (SSSR count). The Labute approximate surface area is 198 Å². The van der Waals surface area contributed by atoms with Crippen molar-refractivity contribution in [2.24, 2.45) is 11.7 Å². The Hall–Kier alpha value is -2.34. The lowest BCUT2D eigenvalue weighted by atomic mass is 9.68. The van der Waals surface area contributed by atoms with Gasteiger partial charge in [0.05, 0.1) is 18.8 Å². The predicted molar refractivity (Wildman–Crippen MR) is 124 cm³/mol. The standard InChI is InChI=1S/C23H33BN3O7/c25-7-8-26-14-3-1-13(2-4-14)9-20(28)27-11-15(12-27)33-19-6-5-16-17-10-18(17)24(31,32)34-22(16)21(19)23(29)30/h5-6,13-15,17-18,26,31-32H,1-4,7-12,25H2,(H,29,30)/q-1/t13?,14?,17-,18-/m0/s1. The van der Waals surface area contributed by atoms with E-state index in [0.717, 1.165) is 32.2 Å². The Bertz CT molecular complexity index is 960. The van der Waals surface area contributed by atoms with E-state index in [0.29, 0.717) is 50.0 Å². The van der Waals surface area contributed by atoms with Gasteiger partial charge in [-0.2, -0.15) is 0 Å². The highest BCUT2D eigenvalue weighted by Crippen LogP contribution is 2.63. The number of carboxylic acid groups (broad SMARTS) is 1. The summed E-state index contributed by atoms with van der Waals surface area (Å²) in [4.78, 5) is 26.4. The summed E-state index contributed by atoms with van der Waals surface area (Å²) >= 11 is 0. The molecule has 34 heavy (non-hydrogen) atoms. The van der Waals surface area contributed by atoms with E-state index in [1.807, 2.05) is 0 Å². The molecule has 2 aliphatic heterocycles. The van der Waals surface area contributed by atoms with E-state index in [4.69, 9.17) is 15.1 Å². The summed E-state index contributed by atoms with van der Waals surface area (Å²) in [6, 6.07) is 3.85. The lowest BCUT2D eigenvalue weighted by Gasteiger charge is -2.41. The highest BCUT2D eigenvalue weighted by atomic mass is 16.6. The van der Waals surface area contributed by atoms with Crippen molar-refractivity contribution in [3.05, 3.63) is 23.3 Å². The average Bonchev–Trinajstić information content (AvgIpc) is 3.57. The first-order chi connectivity index (χ1) is 16.3. The minimum Gasteiger partial charge on any atom is -0.669 e. The van der Waals surface area contributed by atoms with Crippen molar-refractivity contribution in [3.8, 4) is 11.5 Å². The predicted octanol–water partition coefficient (Wildman–Crippen LogP) is 0.645. The number of likely N-dealkylation sites (tertiary alicyclic amines) is 1. The van der Waals surface area contributed by atoms with Crippen LogP contribution in [0.3, 0.4) is 0 Å². The molecule has 0 radical (unpaired) electrons. The van der Waals surface area contributed by atoms with Gasteiger partial charge in [0.2, 0.25) is 5.91 Å². The van der Waals surface area contributed by atoms with Gasteiger partial charge in [0.15, 0.2) is 0 Å². The lowest BCUT2D eigenvalue weighted by Crippen LogP contribution is -2.56. The van der Waals surface area contributed by atoms with Crippen molar-refractivity contribution >= 4 is 18.6 Å². The van der Waals surface area contributed by atoms with Gasteiger partial charge >= 0.3 is 12.7 Å². The molecule has 2 atom stereocenters. The van der Waals surface area contributed by atoms with Gasteiger partial charge in [-0.05, 0) is 49.1 Å². The number of hydrogen-bond acceptors (Lipinski definition) is 8. The molecule has 4 aliphatic rings. The molecule has 3 fully saturated rings. The first-order valence-corrected chi connectivity index (χ1v) is 12.3. The maximum atomic E-state index is 12.7. The van der Waals surface area contributed by atoms with Crippen LogP contribution in [0.1, 0.15) is 60.4 Å². The Morgan fingerprint density at radius 2 is 1.94 bits per heavy atom. The van der Waals surface area contributed by atoms with Crippen LogP contribution in [0.5, 0.6) is 11.5 Å². The number of aromatic carboxylic acids is 1. The molecule has 2 heterocycles. The summed E-state index contributed by atoms with van der Waals surface area (Å²) in [5.74, 6) is -1.13. The first kappa shape index (κ1) is 23.4. The molecule has 1 saturated heterocycles. The fourth-order valence-electron chi connectivity index (χ4n) is 5.74. The largest absolute Gasteiger partial charge is 0.669 e. The third kappa shape index (κ3) is 4.49. The fraction of sp³-hybridized carbons (Fsp3) is 0.652. The Morgan fingerprint density at radius 3 is 2.62 bits per heavy atom. The molecular formula is C23H33BN3O7-.